The van der Waals surface area contributed by atoms with Gasteiger partial charge in [0, 0.05) is 5.69 Å². The Balaban J connectivity index is 1.97. The van der Waals surface area contributed by atoms with Crippen molar-refractivity contribution in [1.29, 1.82) is 0 Å². The maximum Gasteiger partial charge on any atom is 0.416 e. The van der Waals surface area contributed by atoms with Gasteiger partial charge >= 0.3 is 6.18 Å². The van der Waals surface area contributed by atoms with E-state index in [1.807, 2.05) is 0 Å². The first-order chi connectivity index (χ1) is 13.2. The van der Waals surface area contributed by atoms with Crippen LogP contribution in [-0.4, -0.2) is 15.5 Å². The molecule has 0 spiro atoms. The molecule has 1 aromatic heterocycles. The Kier molecular flexibility index (Phi) is 5.22. The zero-order valence-electron chi connectivity index (χ0n) is 15.2. The number of carbonyl (C=O) groups excluding carboxylic acids is 1. The van der Waals surface area contributed by atoms with Gasteiger partial charge in [-0.3, -0.25) is 14.2 Å². The molecule has 0 aliphatic rings. The predicted molar refractivity (Wildman–Crippen MR) is 100.0 cm³/mol. The van der Waals surface area contributed by atoms with Crippen LogP contribution in [0.2, 0.25) is 0 Å². The van der Waals surface area contributed by atoms with Crippen molar-refractivity contribution in [2.24, 2.45) is 5.92 Å². The van der Waals surface area contributed by atoms with Gasteiger partial charge < -0.3 is 5.32 Å². The summed E-state index contributed by atoms with van der Waals surface area (Å²) in [5, 5.41) is 2.85. The number of aromatic nitrogens is 2. The summed E-state index contributed by atoms with van der Waals surface area (Å²) in [6, 6.07) is 10.2. The second-order valence-electron chi connectivity index (χ2n) is 6.73. The lowest BCUT2D eigenvalue weighted by Crippen LogP contribution is -2.36. The Bertz CT molecular complexity index is 1070. The van der Waals surface area contributed by atoms with Gasteiger partial charge in [-0.05, 0) is 36.2 Å². The first-order valence-corrected chi connectivity index (χ1v) is 8.62. The van der Waals surface area contributed by atoms with Crippen molar-refractivity contribution in [1.82, 2.24) is 9.55 Å². The van der Waals surface area contributed by atoms with Crippen LogP contribution in [0.25, 0.3) is 10.9 Å². The van der Waals surface area contributed by atoms with Crippen LogP contribution in [0.5, 0.6) is 0 Å². The molecular formula is C20H18F3N3O2. The van der Waals surface area contributed by atoms with Crippen molar-refractivity contribution in [3.63, 3.8) is 0 Å². The third-order valence-electron chi connectivity index (χ3n) is 4.35. The highest BCUT2D eigenvalue weighted by molar-refractivity contribution is 5.94. The Hall–Kier alpha value is -3.16. The van der Waals surface area contributed by atoms with E-state index in [0.29, 0.717) is 10.9 Å². The molecule has 8 heteroatoms. The number of halogens is 3. The van der Waals surface area contributed by atoms with Crippen molar-refractivity contribution < 1.29 is 18.0 Å². The Morgan fingerprint density at radius 2 is 1.82 bits per heavy atom. The van der Waals surface area contributed by atoms with E-state index in [0.717, 1.165) is 12.1 Å². The van der Waals surface area contributed by atoms with Crippen LogP contribution in [-0.2, 0) is 11.0 Å². The average Bonchev–Trinajstić information content (AvgIpc) is 2.63. The van der Waals surface area contributed by atoms with E-state index >= 15 is 0 Å². The monoisotopic (exact) mass is 389 g/mol. The van der Waals surface area contributed by atoms with Crippen LogP contribution in [0.1, 0.15) is 25.5 Å². The number of anilines is 1. The van der Waals surface area contributed by atoms with Crippen LogP contribution < -0.4 is 10.9 Å². The number of fused-ring (bicyclic) bond motifs is 1. The molecule has 3 rings (SSSR count). The number of amides is 1. The summed E-state index contributed by atoms with van der Waals surface area (Å²) in [6.07, 6.45) is -3.22. The molecule has 5 nitrogen and oxygen atoms in total. The number of benzene rings is 2. The Labute approximate surface area is 158 Å². The second-order valence-corrected chi connectivity index (χ2v) is 6.73. The van der Waals surface area contributed by atoms with Gasteiger partial charge in [0.05, 0.1) is 22.8 Å². The smallest absolute Gasteiger partial charge is 0.324 e. The minimum atomic E-state index is -4.52. The molecule has 1 N–H and O–H groups in total. The topological polar surface area (TPSA) is 64.0 Å². The molecule has 1 amide bonds. The molecule has 0 aliphatic heterocycles. The van der Waals surface area contributed by atoms with Crippen LogP contribution >= 0.6 is 0 Å². The fourth-order valence-corrected chi connectivity index (χ4v) is 3.02. The van der Waals surface area contributed by atoms with Gasteiger partial charge in [-0.25, -0.2) is 4.98 Å². The summed E-state index contributed by atoms with van der Waals surface area (Å²) in [4.78, 5) is 29.9. The summed E-state index contributed by atoms with van der Waals surface area (Å²) >= 11 is 0. The number of hydrogen-bond donors (Lipinski definition) is 1. The summed E-state index contributed by atoms with van der Waals surface area (Å²) < 4.78 is 39.9. The number of carbonyl (C=O) groups is 1. The standard InChI is InChI=1S/C20H18F3N3O2/c1-12(2)17(26-11-24-16-9-4-3-8-15(16)19(26)28)18(27)25-14-7-5-6-13(10-14)20(21,22)23/h3-12,17H,1-2H3,(H,25,27). The highest BCUT2D eigenvalue weighted by atomic mass is 19.4. The molecule has 0 saturated carbocycles. The third-order valence-corrected chi connectivity index (χ3v) is 4.35. The largest absolute Gasteiger partial charge is 0.416 e. The molecule has 0 radical (unpaired) electrons. The van der Waals surface area contributed by atoms with Crippen LogP contribution in [0.3, 0.4) is 0 Å². The van der Waals surface area contributed by atoms with Crippen molar-refractivity contribution in [2.45, 2.75) is 26.1 Å². The molecule has 1 atom stereocenters. The zero-order chi connectivity index (χ0) is 20.5. The van der Waals surface area contributed by atoms with E-state index < -0.39 is 23.7 Å². The van der Waals surface area contributed by atoms with Crippen molar-refractivity contribution in [3.8, 4) is 0 Å². The summed E-state index contributed by atoms with van der Waals surface area (Å²) in [7, 11) is 0. The van der Waals surface area contributed by atoms with E-state index in [2.05, 4.69) is 10.3 Å². The predicted octanol–water partition coefficient (Wildman–Crippen LogP) is 4.25. The van der Waals surface area contributed by atoms with E-state index in [1.54, 1.807) is 38.1 Å². The summed E-state index contributed by atoms with van der Waals surface area (Å²) in [5.74, 6) is -0.889. The molecule has 0 fully saturated rings. The van der Waals surface area contributed by atoms with Gasteiger partial charge in [0.2, 0.25) is 5.91 Å². The van der Waals surface area contributed by atoms with Gasteiger partial charge in [0.25, 0.3) is 5.56 Å². The van der Waals surface area contributed by atoms with E-state index in [1.165, 1.54) is 23.0 Å². The first-order valence-electron chi connectivity index (χ1n) is 8.62. The van der Waals surface area contributed by atoms with E-state index in [-0.39, 0.29) is 17.2 Å². The van der Waals surface area contributed by atoms with Gasteiger partial charge in [-0.2, -0.15) is 13.2 Å². The van der Waals surface area contributed by atoms with Gasteiger partial charge in [-0.1, -0.05) is 32.0 Å². The molecule has 146 valence electrons. The summed E-state index contributed by atoms with van der Waals surface area (Å²) in [5.41, 5.74) is -0.740. The van der Waals surface area contributed by atoms with Crippen molar-refractivity contribution >= 4 is 22.5 Å². The van der Waals surface area contributed by atoms with E-state index in [4.69, 9.17) is 0 Å². The molecule has 28 heavy (non-hydrogen) atoms. The first kappa shape index (κ1) is 19.6. The van der Waals surface area contributed by atoms with Gasteiger partial charge in [-0.15, -0.1) is 0 Å². The molecule has 0 aliphatic carbocycles. The number of para-hydroxylation sites is 1. The normalized spacial score (nSPS) is 12.9. The Morgan fingerprint density at radius 1 is 1.11 bits per heavy atom. The van der Waals surface area contributed by atoms with Gasteiger partial charge in [0.15, 0.2) is 0 Å². The van der Waals surface area contributed by atoms with Crippen LogP contribution in [0.15, 0.2) is 59.7 Å². The molecule has 1 heterocycles. The molecule has 0 saturated heterocycles. The fraction of sp³-hybridized carbons (Fsp3) is 0.250. The lowest BCUT2D eigenvalue weighted by atomic mass is 10.0. The maximum absolute atomic E-state index is 12.9. The number of nitrogens with zero attached hydrogens (tertiary/aromatic N) is 2. The van der Waals surface area contributed by atoms with Crippen molar-refractivity contribution in [3.05, 3.63) is 70.8 Å². The SMILES string of the molecule is CC(C)C(C(=O)Nc1cccc(C(F)(F)F)c1)n1cnc2ccccc2c1=O. The number of alkyl halides is 3. The molecule has 3 aromatic rings. The maximum atomic E-state index is 12.9. The third kappa shape index (κ3) is 3.90. The number of hydrogen-bond acceptors (Lipinski definition) is 3. The molecule has 2 aromatic carbocycles. The molecular weight excluding hydrogens is 371 g/mol. The van der Waals surface area contributed by atoms with E-state index in [9.17, 15) is 22.8 Å². The lowest BCUT2D eigenvalue weighted by molar-refractivity contribution is -0.137. The van der Waals surface area contributed by atoms with Crippen molar-refractivity contribution in [2.75, 3.05) is 5.32 Å². The highest BCUT2D eigenvalue weighted by Crippen LogP contribution is 2.31. The molecule has 1 unspecified atom stereocenters. The minimum Gasteiger partial charge on any atom is -0.324 e. The average molecular weight is 389 g/mol. The number of nitrogens with one attached hydrogen (secondary N) is 1. The minimum absolute atomic E-state index is 0.00673. The zero-order valence-corrected chi connectivity index (χ0v) is 15.2. The Morgan fingerprint density at radius 3 is 2.50 bits per heavy atom. The second kappa shape index (κ2) is 7.46. The summed E-state index contributed by atoms with van der Waals surface area (Å²) in [6.45, 7) is 3.50. The number of rotatable bonds is 4. The highest BCUT2D eigenvalue weighted by Gasteiger charge is 2.31. The van der Waals surface area contributed by atoms with Gasteiger partial charge in [0.1, 0.15) is 6.04 Å². The van der Waals surface area contributed by atoms with Crippen LogP contribution in [0, 0.1) is 5.92 Å². The lowest BCUT2D eigenvalue weighted by Gasteiger charge is -2.23. The molecule has 0 bridgehead atoms. The van der Waals surface area contributed by atoms with Crippen LogP contribution in [0.4, 0.5) is 18.9 Å². The quantitative estimate of drug-likeness (QED) is 0.726. The fourth-order valence-electron chi connectivity index (χ4n) is 3.02.